The van der Waals surface area contributed by atoms with Gasteiger partial charge in [0.05, 0.1) is 0 Å². The molecule has 0 radical (unpaired) electrons. The summed E-state index contributed by atoms with van der Waals surface area (Å²) < 4.78 is 0. The fourth-order valence-corrected chi connectivity index (χ4v) is 1.13. The largest absolute Gasteiger partial charge is 0.480 e. The molecule has 0 aliphatic rings. The van der Waals surface area contributed by atoms with Crippen LogP contribution in [-0.4, -0.2) is 23.1 Å². The molecule has 0 aliphatic carbocycles. The summed E-state index contributed by atoms with van der Waals surface area (Å²) in [6.45, 7) is 3.26. The van der Waals surface area contributed by atoms with Crippen LogP contribution >= 0.6 is 0 Å². The van der Waals surface area contributed by atoms with Crippen molar-refractivity contribution in [3.05, 3.63) is 29.8 Å². The van der Waals surface area contributed by atoms with E-state index in [9.17, 15) is 9.59 Å². The van der Waals surface area contributed by atoms with Crippen molar-refractivity contribution in [2.24, 2.45) is 0 Å². The average molecular weight is 222 g/mol. The van der Waals surface area contributed by atoms with Gasteiger partial charge in [0, 0.05) is 5.69 Å². The van der Waals surface area contributed by atoms with Gasteiger partial charge in [0.2, 0.25) is 0 Å². The second kappa shape index (κ2) is 5.16. The number of benzene rings is 1. The number of hydrogen-bond acceptors (Lipinski definition) is 2. The first kappa shape index (κ1) is 12.0. The van der Waals surface area contributed by atoms with Gasteiger partial charge in [0.15, 0.2) is 0 Å². The minimum absolute atomic E-state index is 0.524. The Morgan fingerprint density at radius 3 is 2.50 bits per heavy atom. The first-order valence-corrected chi connectivity index (χ1v) is 4.86. The fourth-order valence-electron chi connectivity index (χ4n) is 1.13. The van der Waals surface area contributed by atoms with E-state index < -0.39 is 18.0 Å². The number of nitrogens with one attached hydrogen (secondary N) is 2. The van der Waals surface area contributed by atoms with E-state index in [1.54, 1.807) is 12.1 Å². The zero-order chi connectivity index (χ0) is 12.1. The molecule has 5 heteroatoms. The van der Waals surface area contributed by atoms with Crippen LogP contribution in [-0.2, 0) is 4.79 Å². The van der Waals surface area contributed by atoms with Crippen LogP contribution < -0.4 is 10.6 Å². The van der Waals surface area contributed by atoms with Gasteiger partial charge in [-0.05, 0) is 25.5 Å². The molecule has 1 rings (SSSR count). The minimum Gasteiger partial charge on any atom is -0.480 e. The Hall–Kier alpha value is -2.04. The van der Waals surface area contributed by atoms with Crippen LogP contribution in [0, 0.1) is 6.92 Å². The summed E-state index contributed by atoms with van der Waals surface area (Å²) in [5.74, 6) is -1.07. The van der Waals surface area contributed by atoms with E-state index in [1.807, 2.05) is 19.1 Å². The van der Waals surface area contributed by atoms with Crippen molar-refractivity contribution in [2.75, 3.05) is 5.32 Å². The Balaban J connectivity index is 2.59. The van der Waals surface area contributed by atoms with Gasteiger partial charge in [-0.3, -0.25) is 4.79 Å². The third-order valence-electron chi connectivity index (χ3n) is 2.11. The van der Waals surface area contributed by atoms with Crippen molar-refractivity contribution in [2.45, 2.75) is 19.9 Å². The van der Waals surface area contributed by atoms with Gasteiger partial charge in [-0.1, -0.05) is 18.2 Å². The smallest absolute Gasteiger partial charge is 0.325 e. The van der Waals surface area contributed by atoms with Crippen molar-refractivity contribution in [3.8, 4) is 0 Å². The van der Waals surface area contributed by atoms with Crippen LogP contribution in [0.1, 0.15) is 12.5 Å². The highest BCUT2D eigenvalue weighted by molar-refractivity contribution is 5.92. The monoisotopic (exact) mass is 222 g/mol. The molecule has 86 valence electrons. The first-order valence-electron chi connectivity index (χ1n) is 4.86. The lowest BCUT2D eigenvalue weighted by Crippen LogP contribution is -2.40. The van der Waals surface area contributed by atoms with E-state index in [1.165, 1.54) is 6.92 Å². The number of para-hydroxylation sites is 1. The average Bonchev–Trinajstić information content (AvgIpc) is 2.21. The van der Waals surface area contributed by atoms with Crippen molar-refractivity contribution in [1.29, 1.82) is 0 Å². The SMILES string of the molecule is Cc1ccccc1NC(=O)N[C@H](C)C(=O)O. The molecule has 1 atom stereocenters. The van der Waals surface area contributed by atoms with Gasteiger partial charge in [-0.15, -0.1) is 0 Å². The number of anilines is 1. The topological polar surface area (TPSA) is 78.4 Å². The molecule has 0 fully saturated rings. The van der Waals surface area contributed by atoms with Gasteiger partial charge >= 0.3 is 12.0 Å². The highest BCUT2D eigenvalue weighted by atomic mass is 16.4. The quantitative estimate of drug-likeness (QED) is 0.726. The van der Waals surface area contributed by atoms with E-state index in [0.29, 0.717) is 5.69 Å². The van der Waals surface area contributed by atoms with Crippen molar-refractivity contribution in [1.82, 2.24) is 5.32 Å². The van der Waals surface area contributed by atoms with E-state index in [4.69, 9.17) is 5.11 Å². The Morgan fingerprint density at radius 1 is 1.31 bits per heavy atom. The van der Waals surface area contributed by atoms with Crippen LogP contribution in [0.3, 0.4) is 0 Å². The molecular formula is C11H14N2O3. The van der Waals surface area contributed by atoms with Crippen LogP contribution in [0.25, 0.3) is 0 Å². The fraction of sp³-hybridized carbons (Fsp3) is 0.273. The highest BCUT2D eigenvalue weighted by Crippen LogP contribution is 2.12. The number of carbonyl (C=O) groups is 2. The molecule has 1 aromatic carbocycles. The lowest BCUT2D eigenvalue weighted by Gasteiger charge is -2.11. The summed E-state index contributed by atoms with van der Waals surface area (Å²) in [5.41, 5.74) is 1.58. The number of carboxylic acids is 1. The molecule has 0 spiro atoms. The second-order valence-corrected chi connectivity index (χ2v) is 3.47. The zero-order valence-electron chi connectivity index (χ0n) is 9.15. The maximum atomic E-state index is 11.4. The zero-order valence-corrected chi connectivity index (χ0v) is 9.15. The maximum absolute atomic E-state index is 11.4. The van der Waals surface area contributed by atoms with Crippen LogP contribution in [0.5, 0.6) is 0 Å². The summed E-state index contributed by atoms with van der Waals surface area (Å²) in [6.07, 6.45) is 0. The number of aryl methyl sites for hydroxylation is 1. The van der Waals surface area contributed by atoms with E-state index in [-0.39, 0.29) is 0 Å². The molecule has 3 N–H and O–H groups in total. The number of amides is 2. The second-order valence-electron chi connectivity index (χ2n) is 3.47. The maximum Gasteiger partial charge on any atom is 0.325 e. The predicted molar refractivity (Wildman–Crippen MR) is 60.4 cm³/mol. The number of aliphatic carboxylic acids is 1. The van der Waals surface area contributed by atoms with Crippen molar-refractivity contribution in [3.63, 3.8) is 0 Å². The van der Waals surface area contributed by atoms with Crippen molar-refractivity contribution < 1.29 is 14.7 Å². The number of carbonyl (C=O) groups excluding carboxylic acids is 1. The van der Waals surface area contributed by atoms with Gasteiger partial charge in [0.25, 0.3) is 0 Å². The van der Waals surface area contributed by atoms with Crippen LogP contribution in [0.15, 0.2) is 24.3 Å². The number of urea groups is 1. The number of rotatable bonds is 3. The van der Waals surface area contributed by atoms with Crippen molar-refractivity contribution >= 4 is 17.7 Å². The Morgan fingerprint density at radius 2 is 1.94 bits per heavy atom. The summed E-state index contributed by atoms with van der Waals surface area (Å²) in [6, 6.07) is 5.83. The third-order valence-corrected chi connectivity index (χ3v) is 2.11. The predicted octanol–water partition coefficient (Wildman–Crippen LogP) is 1.59. The van der Waals surface area contributed by atoms with Crippen LogP contribution in [0.4, 0.5) is 10.5 Å². The van der Waals surface area contributed by atoms with Gasteiger partial charge in [-0.2, -0.15) is 0 Å². The number of hydrogen-bond donors (Lipinski definition) is 3. The lowest BCUT2D eigenvalue weighted by atomic mass is 10.2. The molecule has 0 heterocycles. The number of carboxylic acid groups (broad SMARTS) is 1. The molecule has 5 nitrogen and oxygen atoms in total. The van der Waals surface area contributed by atoms with Gasteiger partial charge in [0.1, 0.15) is 6.04 Å². The standard InChI is InChI=1S/C11H14N2O3/c1-7-5-3-4-6-9(7)13-11(16)12-8(2)10(14)15/h3-6,8H,1-2H3,(H,14,15)(H2,12,13,16)/t8-/m1/s1. The summed E-state index contributed by atoms with van der Waals surface area (Å²) in [7, 11) is 0. The molecule has 0 aliphatic heterocycles. The molecule has 1 aromatic rings. The third kappa shape index (κ3) is 3.27. The van der Waals surface area contributed by atoms with E-state index >= 15 is 0 Å². The molecule has 16 heavy (non-hydrogen) atoms. The molecule has 0 aromatic heterocycles. The molecule has 2 amide bonds. The Bertz CT molecular complexity index is 404. The van der Waals surface area contributed by atoms with Gasteiger partial charge in [-0.25, -0.2) is 4.79 Å². The Kier molecular flexibility index (Phi) is 3.88. The van der Waals surface area contributed by atoms with E-state index in [2.05, 4.69) is 10.6 Å². The molecule has 0 saturated heterocycles. The highest BCUT2D eigenvalue weighted by Gasteiger charge is 2.13. The molecule has 0 saturated carbocycles. The lowest BCUT2D eigenvalue weighted by molar-refractivity contribution is -0.138. The molecular weight excluding hydrogens is 208 g/mol. The molecule has 0 bridgehead atoms. The summed E-state index contributed by atoms with van der Waals surface area (Å²) in [5, 5.41) is 13.5. The summed E-state index contributed by atoms with van der Waals surface area (Å²) in [4.78, 5) is 21.9. The first-order chi connectivity index (χ1) is 7.50. The Labute approximate surface area is 93.5 Å². The molecule has 0 unspecified atom stereocenters. The normalized spacial score (nSPS) is 11.6. The summed E-state index contributed by atoms with van der Waals surface area (Å²) >= 11 is 0. The van der Waals surface area contributed by atoms with Crippen LogP contribution in [0.2, 0.25) is 0 Å². The van der Waals surface area contributed by atoms with E-state index in [0.717, 1.165) is 5.56 Å². The van der Waals surface area contributed by atoms with Gasteiger partial charge < -0.3 is 15.7 Å². The minimum atomic E-state index is -1.07.